The highest BCUT2D eigenvalue weighted by molar-refractivity contribution is 7.49. The van der Waals surface area contributed by atoms with Crippen molar-refractivity contribution in [2.75, 3.05) is 0 Å². The van der Waals surface area contributed by atoms with E-state index in [0.717, 1.165) is 0 Å². The number of phosphoric acid groups is 1. The molecule has 18 heavy (non-hydrogen) atoms. The molecule has 0 aromatic heterocycles. The van der Waals surface area contributed by atoms with Crippen molar-refractivity contribution in [3.05, 3.63) is 60.7 Å². The van der Waals surface area contributed by atoms with Crippen molar-refractivity contribution in [3.8, 4) is 11.5 Å². The Labute approximate surface area is 105 Å². The average molecular weight is 265 g/mol. The molecule has 0 bridgehead atoms. The fraction of sp³-hybridized carbons (Fsp3) is 0. The normalized spacial score (nSPS) is 10.9. The molecule has 2 aromatic carbocycles. The second kappa shape index (κ2) is 5.69. The Bertz CT molecular complexity index is 487. The van der Waals surface area contributed by atoms with E-state index in [2.05, 4.69) is 4.62 Å². The molecule has 0 aliphatic carbocycles. The van der Waals surface area contributed by atoms with Gasteiger partial charge in [0.1, 0.15) is 11.5 Å². The maximum Gasteiger partial charge on any atom is 0.604 e. The van der Waals surface area contributed by atoms with Gasteiger partial charge in [-0.2, -0.15) is 4.62 Å². The van der Waals surface area contributed by atoms with Crippen molar-refractivity contribution >= 4 is 7.82 Å². The third-order valence-corrected chi connectivity index (χ3v) is 3.18. The summed E-state index contributed by atoms with van der Waals surface area (Å²) in [6.07, 6.45) is 0. The SMILES string of the molecule is NOP(=O)(Oc1ccccc1)Oc1ccccc1. The first kappa shape index (κ1) is 12.6. The summed E-state index contributed by atoms with van der Waals surface area (Å²) < 4.78 is 26.8. The van der Waals surface area contributed by atoms with E-state index in [1.54, 1.807) is 60.7 Å². The van der Waals surface area contributed by atoms with Crippen LogP contribution in [0.3, 0.4) is 0 Å². The highest BCUT2D eigenvalue weighted by atomic mass is 31.2. The summed E-state index contributed by atoms with van der Waals surface area (Å²) in [7, 11) is -3.87. The number of hydrogen-bond acceptors (Lipinski definition) is 5. The maximum atomic E-state index is 12.1. The minimum atomic E-state index is -3.87. The topological polar surface area (TPSA) is 70.8 Å². The van der Waals surface area contributed by atoms with Gasteiger partial charge in [-0.15, -0.1) is 0 Å². The minimum Gasteiger partial charge on any atom is -0.394 e. The summed E-state index contributed by atoms with van der Waals surface area (Å²) >= 11 is 0. The summed E-state index contributed by atoms with van der Waals surface area (Å²) in [5.41, 5.74) is 0. The molecule has 6 heteroatoms. The summed E-state index contributed by atoms with van der Waals surface area (Å²) in [4.78, 5) is 0. The summed E-state index contributed by atoms with van der Waals surface area (Å²) in [5.74, 6) is 5.69. The standard InChI is InChI=1S/C12H12NO4P/c13-17-18(14,15-11-7-3-1-4-8-11)16-12-9-5-2-6-10-12/h1-10H,13H2. The Hall–Kier alpha value is -1.81. The van der Waals surface area contributed by atoms with Gasteiger partial charge in [-0.25, -0.2) is 10.5 Å². The number of hydrogen-bond donors (Lipinski definition) is 1. The largest absolute Gasteiger partial charge is 0.604 e. The molecule has 0 amide bonds. The fourth-order valence-electron chi connectivity index (χ4n) is 1.28. The lowest BCUT2D eigenvalue weighted by Gasteiger charge is -2.16. The summed E-state index contributed by atoms with van der Waals surface area (Å²) in [5, 5.41) is 0. The van der Waals surface area contributed by atoms with E-state index < -0.39 is 7.82 Å². The predicted octanol–water partition coefficient (Wildman–Crippen LogP) is 3.14. The molecule has 2 aromatic rings. The maximum absolute atomic E-state index is 12.1. The second-order valence-corrected chi connectivity index (χ2v) is 4.83. The zero-order valence-electron chi connectivity index (χ0n) is 9.43. The molecule has 0 atom stereocenters. The monoisotopic (exact) mass is 265 g/mol. The van der Waals surface area contributed by atoms with Crippen LogP contribution in [-0.2, 0) is 9.19 Å². The van der Waals surface area contributed by atoms with Gasteiger partial charge in [-0.3, -0.25) is 0 Å². The third kappa shape index (κ3) is 3.34. The van der Waals surface area contributed by atoms with E-state index in [1.165, 1.54) is 0 Å². The summed E-state index contributed by atoms with van der Waals surface area (Å²) in [6, 6.07) is 17.0. The van der Waals surface area contributed by atoms with Gasteiger partial charge in [-0.05, 0) is 24.3 Å². The zero-order chi connectivity index (χ0) is 12.8. The lowest BCUT2D eigenvalue weighted by Crippen LogP contribution is -2.08. The van der Waals surface area contributed by atoms with E-state index in [4.69, 9.17) is 14.9 Å². The summed E-state index contributed by atoms with van der Waals surface area (Å²) in [6.45, 7) is 0. The molecule has 5 nitrogen and oxygen atoms in total. The molecule has 0 saturated carbocycles. The van der Waals surface area contributed by atoms with Gasteiger partial charge in [0.25, 0.3) is 0 Å². The molecule has 2 N–H and O–H groups in total. The Morgan fingerprint density at radius 2 is 1.17 bits per heavy atom. The highest BCUT2D eigenvalue weighted by Gasteiger charge is 2.29. The van der Waals surface area contributed by atoms with Crippen LogP contribution in [-0.4, -0.2) is 0 Å². The predicted molar refractivity (Wildman–Crippen MR) is 67.0 cm³/mol. The van der Waals surface area contributed by atoms with Crippen molar-refractivity contribution in [3.63, 3.8) is 0 Å². The molecule has 0 aliphatic heterocycles. The van der Waals surface area contributed by atoms with Crippen molar-refractivity contribution < 1.29 is 18.2 Å². The Balaban J connectivity index is 2.14. The molecule has 0 heterocycles. The van der Waals surface area contributed by atoms with Crippen LogP contribution < -0.4 is 14.9 Å². The van der Waals surface area contributed by atoms with E-state index >= 15 is 0 Å². The Morgan fingerprint density at radius 3 is 1.50 bits per heavy atom. The number of phosphoric ester groups is 1. The van der Waals surface area contributed by atoms with Gasteiger partial charge in [-0.1, -0.05) is 36.4 Å². The molecule has 0 radical (unpaired) electrons. The van der Waals surface area contributed by atoms with Crippen molar-refractivity contribution in [2.45, 2.75) is 0 Å². The van der Waals surface area contributed by atoms with E-state index in [-0.39, 0.29) is 0 Å². The second-order valence-electron chi connectivity index (χ2n) is 3.36. The molecule has 0 aliphatic rings. The van der Waals surface area contributed by atoms with Crippen LogP contribution >= 0.6 is 7.82 Å². The number of benzene rings is 2. The van der Waals surface area contributed by atoms with E-state index in [1.807, 2.05) is 0 Å². The average Bonchev–Trinajstić information content (AvgIpc) is 2.41. The van der Waals surface area contributed by atoms with Crippen molar-refractivity contribution in [2.24, 2.45) is 5.90 Å². The molecular formula is C12H12NO4P. The molecule has 0 saturated heterocycles. The number of nitrogens with two attached hydrogens (primary N) is 1. The smallest absolute Gasteiger partial charge is 0.394 e. The van der Waals surface area contributed by atoms with Crippen molar-refractivity contribution in [1.29, 1.82) is 0 Å². The molecular weight excluding hydrogens is 253 g/mol. The first-order valence-corrected chi connectivity index (χ1v) is 6.66. The molecule has 2 rings (SSSR count). The quantitative estimate of drug-likeness (QED) is 0.664. The van der Waals surface area contributed by atoms with Crippen LogP contribution in [0, 0.1) is 0 Å². The highest BCUT2D eigenvalue weighted by Crippen LogP contribution is 2.47. The Kier molecular flexibility index (Phi) is 3.99. The van der Waals surface area contributed by atoms with Crippen LogP contribution in [0.1, 0.15) is 0 Å². The van der Waals surface area contributed by atoms with E-state index in [9.17, 15) is 4.57 Å². The van der Waals surface area contributed by atoms with Crippen LogP contribution in [0.5, 0.6) is 11.5 Å². The molecule has 0 fully saturated rings. The molecule has 0 unspecified atom stereocenters. The fourth-order valence-corrected chi connectivity index (χ4v) is 2.17. The lowest BCUT2D eigenvalue weighted by atomic mass is 10.3. The van der Waals surface area contributed by atoms with Gasteiger partial charge in [0.05, 0.1) is 0 Å². The number of para-hydroxylation sites is 2. The minimum absolute atomic E-state index is 0.349. The van der Waals surface area contributed by atoms with Crippen LogP contribution in [0.15, 0.2) is 60.7 Å². The molecule has 0 spiro atoms. The van der Waals surface area contributed by atoms with Gasteiger partial charge in [0.15, 0.2) is 0 Å². The van der Waals surface area contributed by atoms with Crippen molar-refractivity contribution in [1.82, 2.24) is 0 Å². The first-order valence-electron chi connectivity index (χ1n) is 5.20. The van der Waals surface area contributed by atoms with E-state index in [0.29, 0.717) is 11.5 Å². The van der Waals surface area contributed by atoms with Crippen LogP contribution in [0.25, 0.3) is 0 Å². The Morgan fingerprint density at radius 1 is 0.778 bits per heavy atom. The van der Waals surface area contributed by atoms with Gasteiger partial charge in [0.2, 0.25) is 0 Å². The molecule has 94 valence electrons. The van der Waals surface area contributed by atoms with Crippen LogP contribution in [0.2, 0.25) is 0 Å². The van der Waals surface area contributed by atoms with Crippen LogP contribution in [0.4, 0.5) is 0 Å². The van der Waals surface area contributed by atoms with Gasteiger partial charge >= 0.3 is 7.82 Å². The first-order chi connectivity index (χ1) is 8.72. The van der Waals surface area contributed by atoms with Gasteiger partial charge < -0.3 is 9.05 Å². The third-order valence-electron chi connectivity index (χ3n) is 2.05. The van der Waals surface area contributed by atoms with Gasteiger partial charge in [0, 0.05) is 0 Å². The number of rotatable bonds is 5. The zero-order valence-corrected chi connectivity index (χ0v) is 10.3. The lowest BCUT2D eigenvalue weighted by molar-refractivity contribution is 0.214.